The SMILES string of the molecule is CCC(CC)C(CNC(=O)C1CC12CCNCC2)N1CCCC1.Cl.Cl. The van der Waals surface area contributed by atoms with Gasteiger partial charge in [0, 0.05) is 18.5 Å². The van der Waals surface area contributed by atoms with Crippen LogP contribution in [-0.2, 0) is 4.79 Å². The Morgan fingerprint density at radius 1 is 1.16 bits per heavy atom. The first kappa shape index (κ1) is 23.0. The number of likely N-dealkylation sites (tertiary alicyclic amines) is 1. The largest absolute Gasteiger partial charge is 0.354 e. The van der Waals surface area contributed by atoms with Gasteiger partial charge in [-0.25, -0.2) is 0 Å². The van der Waals surface area contributed by atoms with Gasteiger partial charge in [-0.2, -0.15) is 0 Å². The van der Waals surface area contributed by atoms with Crippen LogP contribution in [0, 0.1) is 17.3 Å². The maximum atomic E-state index is 12.6. The highest BCUT2D eigenvalue weighted by atomic mass is 35.5. The van der Waals surface area contributed by atoms with Crippen molar-refractivity contribution in [3.63, 3.8) is 0 Å². The lowest BCUT2D eigenvalue weighted by atomic mass is 9.91. The molecule has 2 atom stereocenters. The van der Waals surface area contributed by atoms with Crippen LogP contribution >= 0.6 is 24.8 Å². The van der Waals surface area contributed by atoms with Gasteiger partial charge in [0.2, 0.25) is 5.91 Å². The number of halogens is 2. The quantitative estimate of drug-likeness (QED) is 0.697. The van der Waals surface area contributed by atoms with E-state index in [1.165, 1.54) is 51.6 Å². The molecular weight excluding hydrogens is 357 g/mol. The summed E-state index contributed by atoms with van der Waals surface area (Å²) in [5.74, 6) is 1.34. The minimum absolute atomic E-state index is 0. The zero-order chi connectivity index (χ0) is 16.3. The molecule has 2 N–H and O–H groups in total. The molecular formula is C19H37Cl2N3O. The number of rotatable bonds is 7. The van der Waals surface area contributed by atoms with Crippen molar-refractivity contribution in [2.75, 3.05) is 32.7 Å². The van der Waals surface area contributed by atoms with Crippen molar-refractivity contribution in [1.82, 2.24) is 15.5 Å². The third-order valence-electron chi connectivity index (χ3n) is 6.79. The number of amides is 1. The van der Waals surface area contributed by atoms with Crippen LogP contribution in [0.25, 0.3) is 0 Å². The van der Waals surface area contributed by atoms with Crippen LogP contribution in [0.15, 0.2) is 0 Å². The summed E-state index contributed by atoms with van der Waals surface area (Å²) < 4.78 is 0. The monoisotopic (exact) mass is 393 g/mol. The molecule has 2 saturated heterocycles. The predicted molar refractivity (Wildman–Crippen MR) is 109 cm³/mol. The molecule has 0 aromatic heterocycles. The lowest BCUT2D eigenvalue weighted by molar-refractivity contribution is -0.123. The molecule has 1 aliphatic carbocycles. The summed E-state index contributed by atoms with van der Waals surface area (Å²) in [5.41, 5.74) is 0.355. The van der Waals surface area contributed by atoms with Gasteiger partial charge in [0.05, 0.1) is 0 Å². The number of nitrogens with zero attached hydrogens (tertiary/aromatic N) is 1. The summed E-state index contributed by atoms with van der Waals surface area (Å²) in [4.78, 5) is 15.3. The summed E-state index contributed by atoms with van der Waals surface area (Å²) in [6.45, 7) is 10.1. The van der Waals surface area contributed by atoms with Crippen LogP contribution in [0.5, 0.6) is 0 Å². The molecule has 0 radical (unpaired) electrons. The standard InChI is InChI=1S/C19H35N3O.2ClH/c1-3-15(4-2)17(22-11-5-6-12-22)14-21-18(23)16-13-19(16)7-9-20-10-8-19;;/h15-17,20H,3-14H2,1-2H3,(H,21,23);2*1H. The molecule has 3 aliphatic rings. The van der Waals surface area contributed by atoms with Gasteiger partial charge in [-0.15, -0.1) is 24.8 Å². The van der Waals surface area contributed by atoms with Gasteiger partial charge in [0.1, 0.15) is 0 Å². The molecule has 1 amide bonds. The zero-order valence-corrected chi connectivity index (χ0v) is 17.5. The van der Waals surface area contributed by atoms with Crippen LogP contribution in [0.1, 0.15) is 58.8 Å². The smallest absolute Gasteiger partial charge is 0.223 e. The summed E-state index contributed by atoms with van der Waals surface area (Å²) in [5, 5.41) is 6.76. The molecule has 3 rings (SSSR count). The van der Waals surface area contributed by atoms with Crippen molar-refractivity contribution in [2.24, 2.45) is 17.3 Å². The number of carbonyl (C=O) groups excluding carboxylic acids is 1. The van der Waals surface area contributed by atoms with Crippen LogP contribution in [0.3, 0.4) is 0 Å². The third-order valence-corrected chi connectivity index (χ3v) is 6.79. The Morgan fingerprint density at radius 2 is 1.76 bits per heavy atom. The molecule has 2 heterocycles. The second-order valence-electron chi connectivity index (χ2n) is 8.00. The number of hydrogen-bond donors (Lipinski definition) is 2. The molecule has 0 aromatic rings. The number of hydrogen-bond acceptors (Lipinski definition) is 3. The molecule has 1 saturated carbocycles. The van der Waals surface area contributed by atoms with E-state index in [2.05, 4.69) is 29.4 Å². The van der Waals surface area contributed by atoms with Crippen LogP contribution < -0.4 is 10.6 Å². The van der Waals surface area contributed by atoms with Crippen LogP contribution in [0.4, 0.5) is 0 Å². The molecule has 148 valence electrons. The first-order valence-corrected chi connectivity index (χ1v) is 9.92. The molecule has 0 bridgehead atoms. The fourth-order valence-corrected chi connectivity index (χ4v) is 5.02. The van der Waals surface area contributed by atoms with E-state index in [0.29, 0.717) is 29.2 Å². The fourth-order valence-electron chi connectivity index (χ4n) is 5.02. The van der Waals surface area contributed by atoms with Crippen molar-refractivity contribution < 1.29 is 4.79 Å². The number of nitrogens with one attached hydrogen (secondary N) is 2. The molecule has 2 unspecified atom stereocenters. The summed E-state index contributed by atoms with van der Waals surface area (Å²) >= 11 is 0. The van der Waals surface area contributed by atoms with Crippen molar-refractivity contribution in [3.8, 4) is 0 Å². The highest BCUT2D eigenvalue weighted by molar-refractivity contribution is 5.85. The van der Waals surface area contributed by atoms with E-state index < -0.39 is 0 Å². The topological polar surface area (TPSA) is 44.4 Å². The molecule has 3 fully saturated rings. The van der Waals surface area contributed by atoms with Gasteiger partial charge in [-0.1, -0.05) is 26.7 Å². The Balaban J connectivity index is 0.00000156. The van der Waals surface area contributed by atoms with Gasteiger partial charge in [-0.3, -0.25) is 9.69 Å². The predicted octanol–water partition coefficient (Wildman–Crippen LogP) is 3.24. The third kappa shape index (κ3) is 5.24. The molecule has 25 heavy (non-hydrogen) atoms. The van der Waals surface area contributed by atoms with Gasteiger partial charge in [-0.05, 0) is 69.6 Å². The zero-order valence-electron chi connectivity index (χ0n) is 15.9. The molecule has 1 spiro atoms. The second-order valence-corrected chi connectivity index (χ2v) is 8.00. The van der Waals surface area contributed by atoms with Crippen molar-refractivity contribution in [2.45, 2.75) is 64.8 Å². The number of carbonyl (C=O) groups is 1. The normalized spacial score (nSPS) is 26.0. The molecule has 6 heteroatoms. The summed E-state index contributed by atoms with van der Waals surface area (Å²) in [6, 6.07) is 0.541. The van der Waals surface area contributed by atoms with Crippen LogP contribution in [-0.4, -0.2) is 49.6 Å². The number of piperidine rings is 1. The Kier molecular flexibility index (Phi) is 9.52. The van der Waals surface area contributed by atoms with E-state index in [1.54, 1.807) is 0 Å². The summed E-state index contributed by atoms with van der Waals surface area (Å²) in [7, 11) is 0. The van der Waals surface area contributed by atoms with Gasteiger partial charge in [0.25, 0.3) is 0 Å². The van der Waals surface area contributed by atoms with E-state index in [1.807, 2.05) is 0 Å². The first-order valence-electron chi connectivity index (χ1n) is 9.92. The highest BCUT2D eigenvalue weighted by Crippen LogP contribution is 2.58. The lowest BCUT2D eigenvalue weighted by Gasteiger charge is -2.34. The highest BCUT2D eigenvalue weighted by Gasteiger charge is 2.57. The van der Waals surface area contributed by atoms with E-state index >= 15 is 0 Å². The summed E-state index contributed by atoms with van der Waals surface area (Å²) in [6.07, 6.45) is 8.58. The van der Waals surface area contributed by atoms with Gasteiger partial charge < -0.3 is 10.6 Å². The molecule has 0 aromatic carbocycles. The average Bonchev–Trinajstić information content (AvgIpc) is 3.00. The van der Waals surface area contributed by atoms with Gasteiger partial charge in [0.15, 0.2) is 0 Å². The van der Waals surface area contributed by atoms with E-state index in [0.717, 1.165) is 26.1 Å². The minimum Gasteiger partial charge on any atom is -0.354 e. The molecule has 2 aliphatic heterocycles. The van der Waals surface area contributed by atoms with Crippen molar-refractivity contribution in [3.05, 3.63) is 0 Å². The Labute approximate surface area is 166 Å². The molecule has 4 nitrogen and oxygen atoms in total. The van der Waals surface area contributed by atoms with E-state index in [4.69, 9.17) is 0 Å². The van der Waals surface area contributed by atoms with Crippen molar-refractivity contribution >= 4 is 30.7 Å². The maximum Gasteiger partial charge on any atom is 0.223 e. The average molecular weight is 394 g/mol. The Hall–Kier alpha value is -0.0300. The van der Waals surface area contributed by atoms with Crippen molar-refractivity contribution in [1.29, 1.82) is 0 Å². The fraction of sp³-hybridized carbons (Fsp3) is 0.947. The Bertz CT molecular complexity index is 403. The van der Waals surface area contributed by atoms with Crippen LogP contribution in [0.2, 0.25) is 0 Å². The second kappa shape index (κ2) is 10.3. The van der Waals surface area contributed by atoms with E-state index in [9.17, 15) is 4.79 Å². The lowest BCUT2D eigenvalue weighted by Crippen LogP contribution is -2.47. The first-order chi connectivity index (χ1) is 11.2. The van der Waals surface area contributed by atoms with Gasteiger partial charge >= 0.3 is 0 Å². The van der Waals surface area contributed by atoms with E-state index in [-0.39, 0.29) is 24.8 Å². The Morgan fingerprint density at radius 3 is 2.32 bits per heavy atom. The maximum absolute atomic E-state index is 12.6. The minimum atomic E-state index is 0.